The van der Waals surface area contributed by atoms with Gasteiger partial charge in [-0.05, 0) is 147 Å². The van der Waals surface area contributed by atoms with Gasteiger partial charge in [0.25, 0.3) is 11.1 Å². The monoisotopic (exact) mass is 1510 g/mol. The number of hydrogen-bond donors (Lipinski definition) is 6. The molecule has 0 fully saturated rings. The molecule has 0 radical (unpaired) electrons. The minimum Gasteiger partial charge on any atom is -0.490 e. The van der Waals surface area contributed by atoms with Gasteiger partial charge >= 0.3 is 12.1 Å². The van der Waals surface area contributed by atoms with E-state index in [0.29, 0.717) is 181 Å². The summed E-state index contributed by atoms with van der Waals surface area (Å²) in [5.74, 6) is 10.4. The van der Waals surface area contributed by atoms with E-state index in [2.05, 4.69) is 156 Å². The van der Waals surface area contributed by atoms with Crippen LogP contribution in [0.25, 0.3) is 22.5 Å². The number of urea groups is 2. The molecular formula is C90H154N8O10. The lowest BCUT2D eigenvalue weighted by atomic mass is 9.97. The van der Waals surface area contributed by atoms with Crippen LogP contribution in [-0.4, -0.2) is 84.7 Å². The quantitative estimate of drug-likeness (QED) is 0.0227. The number of anilines is 2. The highest BCUT2D eigenvalue weighted by Crippen LogP contribution is 2.44. The minimum absolute atomic E-state index is 0.0262. The summed E-state index contributed by atoms with van der Waals surface area (Å²) in [6, 6.07) is 9.51. The highest BCUT2D eigenvalue weighted by atomic mass is 16.5. The Bertz CT molecular complexity index is 2900. The van der Waals surface area contributed by atoms with Gasteiger partial charge in [0.15, 0.2) is 23.0 Å². The van der Waals surface area contributed by atoms with Gasteiger partial charge < -0.3 is 39.1 Å². The average Bonchev–Trinajstić information content (AvgIpc) is 0.804. The van der Waals surface area contributed by atoms with E-state index in [0.717, 1.165) is 116 Å². The van der Waals surface area contributed by atoms with Crippen LogP contribution < -0.4 is 60.8 Å². The number of unbranched alkanes of at least 4 members (excludes halogenated alkanes) is 5. The second-order valence-electron chi connectivity index (χ2n) is 34.8. The molecule has 18 heteroatoms. The van der Waals surface area contributed by atoms with Gasteiger partial charge in [-0.25, -0.2) is 19.6 Å². The fourth-order valence-corrected chi connectivity index (χ4v) is 13.5. The van der Waals surface area contributed by atoms with Crippen LogP contribution in [0.15, 0.2) is 46.0 Å². The molecule has 0 aliphatic carbocycles. The van der Waals surface area contributed by atoms with Crippen LogP contribution in [0.2, 0.25) is 0 Å². The highest BCUT2D eigenvalue weighted by molar-refractivity contribution is 5.88. The maximum atomic E-state index is 13.4. The SMILES string of the molecule is CC(C)CCC[C@H](C)CCOc1cc(-c2cc(=O)[nH]c(NC(=O)NCCCCCCCCNC(=O)Nc3nc(-c4cc(OCC[C@@H](C)CCCC(C)C)c(OCC[C@@H](C)CCCC(C)C)c(OCC[C@@H](C)CCCC(C)C)c4)cc(=O)[nH]3)n2)cc(OCC[C@@H](C)CCCC(C)C)c1OCC[C@@H](C)CCCC(C)C. The first kappa shape index (κ1) is 93.9. The molecule has 0 saturated carbocycles. The number of benzene rings is 2. The van der Waals surface area contributed by atoms with Crippen molar-refractivity contribution in [3.63, 3.8) is 0 Å². The fraction of sp³-hybridized carbons (Fsp3) is 0.756. The van der Waals surface area contributed by atoms with E-state index >= 15 is 0 Å². The van der Waals surface area contributed by atoms with E-state index in [1.165, 1.54) is 89.2 Å². The summed E-state index contributed by atoms with van der Waals surface area (Å²) in [6.07, 6.45) is 31.7. The Morgan fingerprint density at radius 2 is 0.537 bits per heavy atom. The molecule has 2 aromatic carbocycles. The summed E-state index contributed by atoms with van der Waals surface area (Å²) in [4.78, 5) is 68.4. The van der Waals surface area contributed by atoms with Gasteiger partial charge in [0, 0.05) is 36.3 Å². The Morgan fingerprint density at radius 3 is 0.778 bits per heavy atom. The third kappa shape index (κ3) is 42.6. The molecule has 6 N–H and O–H groups in total. The summed E-state index contributed by atoms with van der Waals surface area (Å²) >= 11 is 0. The van der Waals surface area contributed by atoms with Gasteiger partial charge in [0.1, 0.15) is 0 Å². The number of nitrogens with zero attached hydrogens (tertiary/aromatic N) is 2. The molecule has 0 aliphatic heterocycles. The van der Waals surface area contributed by atoms with Crippen LogP contribution in [0.5, 0.6) is 34.5 Å². The Hall–Kier alpha value is -6.46. The number of aromatic nitrogens is 4. The largest absolute Gasteiger partial charge is 0.490 e. The molecule has 0 unspecified atom stereocenters. The van der Waals surface area contributed by atoms with Crippen molar-refractivity contribution in [3.05, 3.63) is 57.1 Å². The number of H-pyrrole nitrogens is 2. The van der Waals surface area contributed by atoms with Crippen molar-refractivity contribution in [2.45, 2.75) is 317 Å². The second-order valence-corrected chi connectivity index (χ2v) is 34.8. The zero-order valence-electron chi connectivity index (χ0n) is 71.2. The van der Waals surface area contributed by atoms with Crippen molar-refractivity contribution in [2.24, 2.45) is 71.0 Å². The topological polar surface area (TPSA) is 229 Å². The van der Waals surface area contributed by atoms with Crippen molar-refractivity contribution in [2.75, 3.05) is 63.4 Å². The molecule has 0 spiro atoms. The van der Waals surface area contributed by atoms with E-state index in [1.54, 1.807) is 0 Å². The van der Waals surface area contributed by atoms with E-state index in [4.69, 9.17) is 38.4 Å². The minimum atomic E-state index is -0.474. The molecular weight excluding hydrogens is 1350 g/mol. The first-order chi connectivity index (χ1) is 51.6. The summed E-state index contributed by atoms with van der Waals surface area (Å²) in [7, 11) is 0. The number of aromatic amines is 2. The summed E-state index contributed by atoms with van der Waals surface area (Å²) in [6.45, 7) is 44.9. The van der Waals surface area contributed by atoms with Crippen molar-refractivity contribution in [3.8, 4) is 57.0 Å². The van der Waals surface area contributed by atoms with Crippen LogP contribution in [0, 0.1) is 71.0 Å². The number of carbonyl (C=O) groups is 2. The fourth-order valence-electron chi connectivity index (χ4n) is 13.5. The van der Waals surface area contributed by atoms with Crippen molar-refractivity contribution in [1.29, 1.82) is 0 Å². The Balaban J connectivity index is 1.38. The summed E-state index contributed by atoms with van der Waals surface area (Å²) in [5.41, 5.74) is 1.14. The van der Waals surface area contributed by atoms with Gasteiger partial charge in [-0.3, -0.25) is 30.2 Å². The van der Waals surface area contributed by atoms with Crippen molar-refractivity contribution < 1.29 is 38.0 Å². The maximum absolute atomic E-state index is 13.4. The molecule has 18 nitrogen and oxygen atoms in total. The van der Waals surface area contributed by atoms with Gasteiger partial charge in [0.2, 0.25) is 23.4 Å². The first-order valence-corrected chi connectivity index (χ1v) is 43.1. The summed E-state index contributed by atoms with van der Waals surface area (Å²) in [5, 5.41) is 11.4. The average molecular weight is 1510 g/mol. The van der Waals surface area contributed by atoms with Crippen LogP contribution in [0.3, 0.4) is 0 Å². The predicted molar refractivity (Wildman–Crippen MR) is 450 cm³/mol. The zero-order chi connectivity index (χ0) is 79.2. The van der Waals surface area contributed by atoms with Gasteiger partial charge in [-0.1, -0.05) is 266 Å². The molecule has 0 aliphatic rings. The first-order valence-electron chi connectivity index (χ1n) is 43.1. The number of carbonyl (C=O) groups excluding carboxylic acids is 2. The highest BCUT2D eigenvalue weighted by Gasteiger charge is 2.23. The number of amides is 4. The molecule has 0 saturated heterocycles. The smallest absolute Gasteiger partial charge is 0.321 e. The molecule has 4 aromatic rings. The number of hydrogen-bond acceptors (Lipinski definition) is 12. The van der Waals surface area contributed by atoms with Gasteiger partial charge in [0.05, 0.1) is 51.0 Å². The third-order valence-electron chi connectivity index (χ3n) is 20.8. The van der Waals surface area contributed by atoms with E-state index in [-0.39, 0.29) is 11.9 Å². The molecule has 2 aromatic heterocycles. The molecule has 614 valence electrons. The zero-order valence-corrected chi connectivity index (χ0v) is 71.2. The van der Waals surface area contributed by atoms with Crippen molar-refractivity contribution in [1.82, 2.24) is 30.6 Å². The normalized spacial score (nSPS) is 13.4. The van der Waals surface area contributed by atoms with Crippen LogP contribution in [-0.2, 0) is 0 Å². The number of rotatable bonds is 61. The van der Waals surface area contributed by atoms with Gasteiger partial charge in [-0.2, -0.15) is 0 Å². The molecule has 2 heterocycles. The standard InChI is InChI=1S/C90H154N8O10/c1-63(2)31-25-37-69(13)43-51-103-79-57-75(58-80(104-52-44-70(14)38-26-32-64(3)4)85(79)107-55-47-73(17)41-29-35-67(9)10)77-61-83(99)95-87(93-77)97-89(101)91-49-23-21-19-20-22-24-50-92-90(102)98-88-94-78(62-84(100)96-88)76-59-81(105-53-45-71(15)39-27-33-65(5)6)86(108-56-48-74(18)42-30-36-68(11)12)82(60-76)106-54-46-72(16)40-28-34-66(7)8/h57-74H,19-56H2,1-18H3,(H3,91,93,95,97,99,101)(H3,92,94,96,98,100,102)/t69-,70-,71-,72-,73-,74-/m0/s1. The molecule has 0 bridgehead atoms. The van der Waals surface area contributed by atoms with Crippen LogP contribution >= 0.6 is 0 Å². The Morgan fingerprint density at radius 1 is 0.306 bits per heavy atom. The molecule has 108 heavy (non-hydrogen) atoms. The second kappa shape index (κ2) is 54.2. The van der Waals surface area contributed by atoms with Crippen LogP contribution in [0.4, 0.5) is 21.5 Å². The Kier molecular flexibility index (Phi) is 47.2. The predicted octanol–water partition coefficient (Wildman–Crippen LogP) is 23.9. The summed E-state index contributed by atoms with van der Waals surface area (Å²) < 4.78 is 40.1. The molecule has 4 amide bonds. The van der Waals surface area contributed by atoms with Crippen LogP contribution in [0.1, 0.15) is 317 Å². The maximum Gasteiger partial charge on any atom is 0.321 e. The van der Waals surface area contributed by atoms with E-state index in [9.17, 15) is 19.2 Å². The molecule has 6 atom stereocenters. The number of nitrogens with one attached hydrogen (secondary N) is 6. The van der Waals surface area contributed by atoms with Crippen molar-refractivity contribution >= 4 is 24.0 Å². The number of ether oxygens (including phenoxy) is 6. The lowest BCUT2D eigenvalue weighted by Crippen LogP contribution is -2.31. The Labute approximate surface area is 655 Å². The lowest BCUT2D eigenvalue weighted by molar-refractivity contribution is 0.216. The molecule has 4 rings (SSSR count). The van der Waals surface area contributed by atoms with E-state index < -0.39 is 23.2 Å². The van der Waals surface area contributed by atoms with E-state index in [1.807, 2.05) is 24.3 Å². The lowest BCUT2D eigenvalue weighted by Gasteiger charge is -2.21. The third-order valence-corrected chi connectivity index (χ3v) is 20.8. The van der Waals surface area contributed by atoms with Gasteiger partial charge in [-0.15, -0.1) is 0 Å².